The standard InChI is InChI=1S/C16H13F3O3S3/c17-16(18,19)13-3-1-2-4-14(13)25(20,21)22-12-7-5-11(6-8-12)15-23-9-10-24-15/h1-8,15H,9-10H2. The predicted molar refractivity (Wildman–Crippen MR) is 93.4 cm³/mol. The molecule has 0 spiro atoms. The topological polar surface area (TPSA) is 43.4 Å². The molecular weight excluding hydrogens is 393 g/mol. The van der Waals surface area contributed by atoms with E-state index in [9.17, 15) is 21.6 Å². The van der Waals surface area contributed by atoms with Crippen LogP contribution in [-0.4, -0.2) is 19.9 Å². The van der Waals surface area contributed by atoms with Crippen LogP contribution in [0.3, 0.4) is 0 Å². The Morgan fingerprint density at radius 1 is 0.960 bits per heavy atom. The SMILES string of the molecule is O=S(=O)(Oc1ccc(C2SCCS2)cc1)c1ccccc1C(F)(F)F. The average Bonchev–Trinajstić information content (AvgIpc) is 3.09. The average molecular weight is 406 g/mol. The highest BCUT2D eigenvalue weighted by molar-refractivity contribution is 8.19. The lowest BCUT2D eigenvalue weighted by atomic mass is 10.2. The van der Waals surface area contributed by atoms with Crippen LogP contribution in [0, 0.1) is 0 Å². The van der Waals surface area contributed by atoms with Crippen LogP contribution in [-0.2, 0) is 16.3 Å². The Morgan fingerprint density at radius 3 is 2.16 bits per heavy atom. The van der Waals surface area contributed by atoms with Gasteiger partial charge in [-0.15, -0.1) is 23.5 Å². The van der Waals surface area contributed by atoms with Gasteiger partial charge in [-0.25, -0.2) is 0 Å². The van der Waals surface area contributed by atoms with Crippen LogP contribution in [0.15, 0.2) is 53.4 Å². The fourth-order valence-corrected chi connectivity index (χ4v) is 6.33. The second-order valence-corrected chi connectivity index (χ2v) is 9.41. The molecule has 0 radical (unpaired) electrons. The summed E-state index contributed by atoms with van der Waals surface area (Å²) in [5.41, 5.74) is -0.224. The van der Waals surface area contributed by atoms with Gasteiger partial charge in [0, 0.05) is 11.5 Å². The molecular formula is C16H13F3O3S3. The van der Waals surface area contributed by atoms with Crippen molar-refractivity contribution in [3.05, 3.63) is 59.7 Å². The van der Waals surface area contributed by atoms with Crippen molar-refractivity contribution in [1.29, 1.82) is 0 Å². The zero-order chi connectivity index (χ0) is 18.1. The minimum atomic E-state index is -4.78. The first kappa shape index (κ1) is 18.5. The largest absolute Gasteiger partial charge is 0.417 e. The van der Waals surface area contributed by atoms with Crippen LogP contribution in [0.1, 0.15) is 15.7 Å². The third-order valence-electron chi connectivity index (χ3n) is 3.44. The van der Waals surface area contributed by atoms with Crippen molar-refractivity contribution >= 4 is 33.6 Å². The Morgan fingerprint density at radius 2 is 1.56 bits per heavy atom. The number of rotatable bonds is 4. The summed E-state index contributed by atoms with van der Waals surface area (Å²) in [5.74, 6) is 2.08. The zero-order valence-electron chi connectivity index (χ0n) is 12.7. The molecule has 1 aliphatic rings. The molecule has 25 heavy (non-hydrogen) atoms. The van der Waals surface area contributed by atoms with Gasteiger partial charge in [0.1, 0.15) is 10.6 Å². The number of hydrogen-bond donors (Lipinski definition) is 0. The third-order valence-corrected chi connectivity index (χ3v) is 7.85. The molecule has 0 atom stereocenters. The van der Waals surface area contributed by atoms with E-state index < -0.39 is 26.8 Å². The quantitative estimate of drug-likeness (QED) is 0.672. The summed E-state index contributed by atoms with van der Waals surface area (Å²) in [5, 5.41) is 0. The van der Waals surface area contributed by atoms with E-state index in [0.29, 0.717) is 6.07 Å². The summed E-state index contributed by atoms with van der Waals surface area (Å²) in [7, 11) is -4.59. The number of halogens is 3. The van der Waals surface area contributed by atoms with Crippen LogP contribution in [0.5, 0.6) is 5.75 Å². The van der Waals surface area contributed by atoms with E-state index in [0.717, 1.165) is 29.2 Å². The highest BCUT2D eigenvalue weighted by Gasteiger charge is 2.37. The second kappa shape index (κ2) is 7.13. The van der Waals surface area contributed by atoms with Gasteiger partial charge in [0.05, 0.1) is 10.1 Å². The van der Waals surface area contributed by atoms with E-state index in [1.807, 2.05) is 0 Å². The van der Waals surface area contributed by atoms with Crippen molar-refractivity contribution in [1.82, 2.24) is 0 Å². The van der Waals surface area contributed by atoms with Crippen LogP contribution in [0.25, 0.3) is 0 Å². The maximum absolute atomic E-state index is 13.0. The van der Waals surface area contributed by atoms with Gasteiger partial charge in [-0.2, -0.15) is 21.6 Å². The van der Waals surface area contributed by atoms with E-state index in [-0.39, 0.29) is 10.3 Å². The lowest BCUT2D eigenvalue weighted by Gasteiger charge is -2.14. The predicted octanol–water partition coefficient (Wildman–Crippen LogP) is 4.95. The van der Waals surface area contributed by atoms with Gasteiger partial charge in [-0.1, -0.05) is 24.3 Å². The smallest absolute Gasteiger partial charge is 0.379 e. The summed E-state index contributed by atoms with van der Waals surface area (Å²) in [6, 6.07) is 10.3. The van der Waals surface area contributed by atoms with Crippen molar-refractivity contribution in [2.45, 2.75) is 15.7 Å². The van der Waals surface area contributed by atoms with Gasteiger partial charge < -0.3 is 4.18 Å². The maximum Gasteiger partial charge on any atom is 0.417 e. The van der Waals surface area contributed by atoms with E-state index in [4.69, 9.17) is 4.18 Å². The van der Waals surface area contributed by atoms with Gasteiger partial charge >= 0.3 is 16.3 Å². The molecule has 134 valence electrons. The fraction of sp³-hybridized carbons (Fsp3) is 0.250. The molecule has 3 rings (SSSR count). The van der Waals surface area contributed by atoms with Crippen LogP contribution in [0.4, 0.5) is 13.2 Å². The summed E-state index contributed by atoms with van der Waals surface area (Å²) in [6.45, 7) is 0. The number of alkyl halides is 3. The first-order valence-electron chi connectivity index (χ1n) is 7.21. The first-order valence-corrected chi connectivity index (χ1v) is 10.7. The molecule has 1 aliphatic heterocycles. The minimum absolute atomic E-state index is 0.0197. The highest BCUT2D eigenvalue weighted by atomic mass is 32.2. The Bertz CT molecular complexity index is 843. The number of benzene rings is 2. The minimum Gasteiger partial charge on any atom is -0.379 e. The van der Waals surface area contributed by atoms with E-state index in [2.05, 4.69) is 0 Å². The van der Waals surface area contributed by atoms with Crippen molar-refractivity contribution in [2.24, 2.45) is 0 Å². The third kappa shape index (κ3) is 4.27. The molecule has 0 amide bonds. The molecule has 1 saturated heterocycles. The Kier molecular flexibility index (Phi) is 5.26. The molecule has 2 aromatic rings. The molecule has 3 nitrogen and oxygen atoms in total. The molecule has 0 bridgehead atoms. The van der Waals surface area contributed by atoms with Gasteiger partial charge in [-0.05, 0) is 29.8 Å². The van der Waals surface area contributed by atoms with Crippen LogP contribution < -0.4 is 4.18 Å². The zero-order valence-corrected chi connectivity index (χ0v) is 15.1. The van der Waals surface area contributed by atoms with E-state index in [1.165, 1.54) is 18.2 Å². The summed E-state index contributed by atoms with van der Waals surface area (Å²) in [4.78, 5) is -0.895. The molecule has 2 aromatic carbocycles. The summed E-state index contributed by atoms with van der Waals surface area (Å²) < 4.78 is 68.8. The van der Waals surface area contributed by atoms with Crippen molar-refractivity contribution in [3.8, 4) is 5.75 Å². The lowest BCUT2D eigenvalue weighted by molar-refractivity contribution is -0.139. The highest BCUT2D eigenvalue weighted by Crippen LogP contribution is 2.45. The lowest BCUT2D eigenvalue weighted by Crippen LogP contribution is -2.17. The van der Waals surface area contributed by atoms with E-state index >= 15 is 0 Å². The van der Waals surface area contributed by atoms with Gasteiger partial charge in [0.2, 0.25) is 0 Å². The Hall–Kier alpha value is -1.32. The Balaban J connectivity index is 1.85. The normalized spacial score (nSPS) is 16.1. The summed E-state index contributed by atoms with van der Waals surface area (Å²) >= 11 is 3.59. The van der Waals surface area contributed by atoms with Gasteiger partial charge in [-0.3, -0.25) is 0 Å². The van der Waals surface area contributed by atoms with Crippen LogP contribution in [0.2, 0.25) is 0 Å². The van der Waals surface area contributed by atoms with Gasteiger partial charge in [0.15, 0.2) is 0 Å². The molecule has 0 aromatic heterocycles. The monoisotopic (exact) mass is 406 g/mol. The van der Waals surface area contributed by atoms with E-state index in [1.54, 1.807) is 35.7 Å². The second-order valence-electron chi connectivity index (χ2n) is 5.17. The maximum atomic E-state index is 13.0. The molecule has 0 aliphatic carbocycles. The van der Waals surface area contributed by atoms with Gasteiger partial charge in [0.25, 0.3) is 0 Å². The summed E-state index contributed by atoms with van der Waals surface area (Å²) in [6.07, 6.45) is -4.78. The molecule has 9 heteroatoms. The molecule has 0 saturated carbocycles. The molecule has 0 unspecified atom stereocenters. The molecule has 1 heterocycles. The van der Waals surface area contributed by atoms with Crippen molar-refractivity contribution in [2.75, 3.05) is 11.5 Å². The fourth-order valence-electron chi connectivity index (χ4n) is 2.32. The first-order chi connectivity index (χ1) is 11.8. The van der Waals surface area contributed by atoms with Crippen molar-refractivity contribution < 1.29 is 25.8 Å². The number of thioether (sulfide) groups is 2. The van der Waals surface area contributed by atoms with Crippen LogP contribution >= 0.6 is 23.5 Å². The Labute approximate surface area is 152 Å². The number of hydrogen-bond acceptors (Lipinski definition) is 5. The molecule has 0 N–H and O–H groups in total. The van der Waals surface area contributed by atoms with Crippen molar-refractivity contribution in [3.63, 3.8) is 0 Å². The molecule has 1 fully saturated rings.